The normalized spacial score (nSPS) is 12.4. The van der Waals surface area contributed by atoms with Crippen LogP contribution in [-0.2, 0) is 68.9 Å². The predicted molar refractivity (Wildman–Crippen MR) is 327 cm³/mol. The molecule has 0 aliphatic rings. The molecule has 0 amide bonds. The molecule has 0 saturated carbocycles. The first-order valence-electron chi connectivity index (χ1n) is 25.3. The van der Waals surface area contributed by atoms with Gasteiger partial charge in [-0.3, -0.25) is 21.7 Å². The van der Waals surface area contributed by atoms with Gasteiger partial charge in [-0.1, -0.05) is 41.7 Å². The molecule has 0 saturated heterocycles. The maximum Gasteiger partial charge on any atom is 0.298 e. The van der Waals surface area contributed by atoms with E-state index < -0.39 is 79.0 Å². The Morgan fingerprint density at radius 3 is 1.66 bits per heavy atom. The summed E-state index contributed by atoms with van der Waals surface area (Å²) in [5.74, 6) is -2.79. The molecule has 7 N–H and O–H groups in total. The van der Waals surface area contributed by atoms with E-state index >= 15 is 0 Å². The van der Waals surface area contributed by atoms with Crippen LogP contribution in [0.4, 0.5) is 73.6 Å². The van der Waals surface area contributed by atoms with Gasteiger partial charge in [0.2, 0.25) is 17.8 Å². The summed E-state index contributed by atoms with van der Waals surface area (Å²) in [6.45, 7) is 2.92. The summed E-state index contributed by atoms with van der Waals surface area (Å²) in [5.41, 5.74) is 1.32. The number of hydrogen-bond acceptors (Lipinski definition) is 30. The van der Waals surface area contributed by atoms with Crippen LogP contribution in [0.3, 0.4) is 0 Å². The summed E-state index contributed by atoms with van der Waals surface area (Å²) >= 11 is 0.862. The molecular formula is C53H46N16O15S6. The number of anilines is 9. The van der Waals surface area contributed by atoms with Crippen molar-refractivity contribution in [2.45, 2.75) is 40.3 Å². The van der Waals surface area contributed by atoms with Crippen molar-refractivity contribution in [2.24, 2.45) is 20.5 Å². The predicted octanol–water partition coefficient (Wildman–Crippen LogP) is 9.81. The monoisotopic (exact) mass is 1340 g/mol. The van der Waals surface area contributed by atoms with Crippen LogP contribution < -0.4 is 26.6 Å². The summed E-state index contributed by atoms with van der Waals surface area (Å²) in [5, 5.41) is 63.8. The Kier molecular flexibility index (Phi) is 20.1. The number of nitrogens with one attached hydrogen (secondary N) is 5. The summed E-state index contributed by atoms with van der Waals surface area (Å²) in [6.07, 6.45) is 0. The molecule has 5 aromatic carbocycles. The van der Waals surface area contributed by atoms with Gasteiger partial charge in [-0.05, 0) is 110 Å². The molecule has 1 atom stereocenters. The summed E-state index contributed by atoms with van der Waals surface area (Å²) in [6, 6.07) is 31.7. The molecule has 0 spiro atoms. The number of hydrogen-bond donors (Lipinski definition) is 7. The van der Waals surface area contributed by atoms with Gasteiger partial charge >= 0.3 is 0 Å². The van der Waals surface area contributed by atoms with Crippen molar-refractivity contribution in [3.63, 3.8) is 0 Å². The molecule has 3 aromatic heterocycles. The standard InChI is InChI=1S/C53H46N16O15S6/c1-30(28-86(70,71)72)57-51-63-52(65-53(64-51)61-43-24-32(29-87(73,74)75)10-23-44(43)90(80,81)84-5)60-37-13-11-33(12-14-37)45-41(27-56)49(85-50(45)69-66-42-9-7-6-8-34(42)25-54)68-67-46-31(2)40(26-55)47(58-35-15-19-38(20-16-35)88(76,77)82-3)62-48(46)59-36-17-21-39(22-18-36)89(78,79)83-4/h6-24,30H,28-29H2,1-5H3,(H2,58,59,62)(H,70,71,72)(H,73,74,75)(H3,57,60,61,63,64,65). The number of benzene rings is 5. The fraction of sp³-hybridized carbons (Fsp3) is 0.151. The fourth-order valence-electron chi connectivity index (χ4n) is 8.16. The smallest absolute Gasteiger partial charge is 0.298 e. The molecule has 31 nitrogen and oxygen atoms in total. The number of azo groups is 2. The summed E-state index contributed by atoms with van der Waals surface area (Å²) in [4.78, 5) is 16.7. The molecule has 1 unspecified atom stereocenters. The van der Waals surface area contributed by atoms with Crippen molar-refractivity contribution in [1.82, 2.24) is 19.9 Å². The first-order chi connectivity index (χ1) is 42.6. The van der Waals surface area contributed by atoms with Gasteiger partial charge < -0.3 is 26.6 Å². The second-order valence-electron chi connectivity index (χ2n) is 18.5. The molecule has 3 heterocycles. The molecule has 8 rings (SSSR count). The fourth-order valence-corrected chi connectivity index (χ4v) is 12.5. The molecule has 0 aliphatic heterocycles. The minimum atomic E-state index is -4.61. The van der Waals surface area contributed by atoms with E-state index in [1.165, 1.54) is 80.6 Å². The van der Waals surface area contributed by atoms with Crippen LogP contribution in [0.15, 0.2) is 150 Å². The zero-order valence-corrected chi connectivity index (χ0v) is 51.9. The summed E-state index contributed by atoms with van der Waals surface area (Å²) < 4.78 is 156. The van der Waals surface area contributed by atoms with E-state index in [2.05, 4.69) is 87.5 Å². The molecular weight excluding hydrogens is 1290 g/mol. The SMILES string of the molecule is COS(=O)(=O)c1ccc(Nc2nc(Nc3ccc(S(=O)(=O)OC)cc3)c(N=Nc3sc(N=Nc4ccccc4C#N)c(-c4ccc(Nc5nc(Nc6cc(CS(=O)(=O)O)ccc6S(=O)(=O)OC)nc(NC(C)CS(=O)(=O)O)n5)cc4)c3C#N)c(C)c2C#N)cc1. The minimum absolute atomic E-state index is 0.0299. The molecule has 0 radical (unpaired) electrons. The molecule has 8 aromatic rings. The van der Waals surface area contributed by atoms with E-state index in [4.69, 9.17) is 4.18 Å². The van der Waals surface area contributed by atoms with Crippen LogP contribution in [-0.4, -0.2) is 104 Å². The summed E-state index contributed by atoms with van der Waals surface area (Å²) in [7, 11) is -18.9. The third-order valence-electron chi connectivity index (χ3n) is 12.3. The lowest BCUT2D eigenvalue weighted by Gasteiger charge is -2.16. The quantitative estimate of drug-likeness (QED) is 0.0159. The van der Waals surface area contributed by atoms with Crippen molar-refractivity contribution in [2.75, 3.05) is 53.7 Å². The van der Waals surface area contributed by atoms with E-state index in [1.54, 1.807) is 30.3 Å². The van der Waals surface area contributed by atoms with Crippen molar-refractivity contribution in [1.29, 1.82) is 15.8 Å². The van der Waals surface area contributed by atoms with Crippen LogP contribution in [0.25, 0.3) is 11.1 Å². The number of rotatable bonds is 25. The van der Waals surface area contributed by atoms with Gasteiger partial charge in [0.05, 0.1) is 53.7 Å². The Hall–Kier alpha value is -9.82. The van der Waals surface area contributed by atoms with Gasteiger partial charge in [0, 0.05) is 34.2 Å². The van der Waals surface area contributed by atoms with Gasteiger partial charge in [0.1, 0.15) is 50.8 Å². The zero-order valence-electron chi connectivity index (χ0n) is 47.0. The van der Waals surface area contributed by atoms with Crippen LogP contribution in [0.1, 0.15) is 34.7 Å². The first-order valence-corrected chi connectivity index (χ1v) is 33.5. The van der Waals surface area contributed by atoms with Crippen molar-refractivity contribution in [3.8, 4) is 29.3 Å². The zero-order chi connectivity index (χ0) is 65.3. The van der Waals surface area contributed by atoms with Crippen molar-refractivity contribution < 1.29 is 63.7 Å². The second-order valence-corrected chi connectivity index (χ2v) is 27.6. The Balaban J connectivity index is 1.21. The first kappa shape index (κ1) is 66.1. The lowest BCUT2D eigenvalue weighted by atomic mass is 10.0. The topological polar surface area (TPSA) is 471 Å². The number of aromatic nitrogens is 4. The van der Waals surface area contributed by atoms with Gasteiger partial charge in [0.25, 0.3) is 50.6 Å². The number of thiophene rings is 1. The van der Waals surface area contributed by atoms with Crippen molar-refractivity contribution >= 4 is 136 Å². The average Bonchev–Trinajstić information content (AvgIpc) is 2.23. The molecule has 0 aliphatic carbocycles. The molecule has 0 bridgehead atoms. The Labute approximate surface area is 518 Å². The lowest BCUT2D eigenvalue weighted by molar-refractivity contribution is 0.396. The Bertz CT molecular complexity index is 4880. The third kappa shape index (κ3) is 16.3. The minimum Gasteiger partial charge on any atom is -0.350 e. The van der Waals surface area contributed by atoms with Gasteiger partial charge in [-0.15, -0.1) is 20.5 Å². The Morgan fingerprint density at radius 2 is 1.10 bits per heavy atom. The van der Waals surface area contributed by atoms with Crippen LogP contribution in [0.5, 0.6) is 0 Å². The average molecular weight is 1340 g/mol. The maximum absolute atomic E-state index is 13.0. The largest absolute Gasteiger partial charge is 0.350 e. The Morgan fingerprint density at radius 1 is 0.567 bits per heavy atom. The van der Waals surface area contributed by atoms with E-state index in [1.807, 2.05) is 6.07 Å². The maximum atomic E-state index is 13.0. The molecule has 0 fully saturated rings. The molecule has 464 valence electrons. The van der Waals surface area contributed by atoms with Gasteiger partial charge in [-0.2, -0.15) is 72.8 Å². The van der Waals surface area contributed by atoms with E-state index in [9.17, 15) is 67.0 Å². The highest BCUT2D eigenvalue weighted by molar-refractivity contribution is 7.87. The van der Waals surface area contributed by atoms with Crippen LogP contribution in [0, 0.1) is 40.9 Å². The third-order valence-corrected chi connectivity index (χ3v) is 18.8. The molecule has 37 heteroatoms. The lowest BCUT2D eigenvalue weighted by Crippen LogP contribution is -2.26. The number of nitrogens with zero attached hydrogens (tertiary/aromatic N) is 11. The van der Waals surface area contributed by atoms with Gasteiger partial charge in [-0.25, -0.2) is 4.98 Å². The number of pyridine rings is 1. The van der Waals surface area contributed by atoms with E-state index in [0.29, 0.717) is 11.3 Å². The van der Waals surface area contributed by atoms with Gasteiger partial charge in [0.15, 0.2) is 16.6 Å². The van der Waals surface area contributed by atoms with E-state index in [0.717, 1.165) is 50.9 Å². The van der Waals surface area contributed by atoms with Crippen LogP contribution in [0.2, 0.25) is 0 Å². The second kappa shape index (κ2) is 27.3. The number of nitriles is 3. The van der Waals surface area contributed by atoms with Crippen LogP contribution >= 0.6 is 11.3 Å². The van der Waals surface area contributed by atoms with E-state index in [-0.39, 0.29) is 105 Å². The highest BCUT2D eigenvalue weighted by Crippen LogP contribution is 2.49. The highest BCUT2D eigenvalue weighted by atomic mass is 32.2. The van der Waals surface area contributed by atoms with Crippen molar-refractivity contribution in [3.05, 3.63) is 143 Å². The highest BCUT2D eigenvalue weighted by Gasteiger charge is 2.26. The molecule has 90 heavy (non-hydrogen) atoms.